The van der Waals surface area contributed by atoms with Crippen molar-refractivity contribution in [3.63, 3.8) is 0 Å². The molecule has 3 aromatic rings. The van der Waals surface area contributed by atoms with Gasteiger partial charge in [0.15, 0.2) is 0 Å². The van der Waals surface area contributed by atoms with E-state index in [0.717, 1.165) is 21.2 Å². The van der Waals surface area contributed by atoms with Crippen LogP contribution in [0.3, 0.4) is 0 Å². The number of halogens is 1. The number of amides is 1. The van der Waals surface area contributed by atoms with Crippen LogP contribution in [-0.4, -0.2) is 21.5 Å². The summed E-state index contributed by atoms with van der Waals surface area (Å²) >= 11 is 2.22. The molecule has 0 aliphatic carbocycles. The van der Waals surface area contributed by atoms with Gasteiger partial charge >= 0.3 is 0 Å². The summed E-state index contributed by atoms with van der Waals surface area (Å²) in [6, 6.07) is 11.9. The van der Waals surface area contributed by atoms with Gasteiger partial charge in [0.1, 0.15) is 11.3 Å². The van der Waals surface area contributed by atoms with Gasteiger partial charge < -0.3 is 4.40 Å². The van der Waals surface area contributed by atoms with Gasteiger partial charge in [0, 0.05) is 16.0 Å². The minimum atomic E-state index is -0.329. The lowest BCUT2D eigenvalue weighted by Crippen LogP contribution is -2.17. The van der Waals surface area contributed by atoms with Crippen LogP contribution in [0.5, 0.6) is 0 Å². The third-order valence-corrected chi connectivity index (χ3v) is 4.05. The van der Waals surface area contributed by atoms with Crippen LogP contribution in [0, 0.1) is 3.57 Å². The lowest BCUT2D eigenvalue weighted by atomic mass is 10.1. The second-order valence-electron chi connectivity index (χ2n) is 5.03. The van der Waals surface area contributed by atoms with E-state index in [9.17, 15) is 4.79 Å². The number of pyridine rings is 1. The highest BCUT2D eigenvalue weighted by Gasteiger charge is 2.09. The van der Waals surface area contributed by atoms with Crippen molar-refractivity contribution in [1.29, 1.82) is 0 Å². The first-order chi connectivity index (χ1) is 11.2. The molecule has 0 atom stereocenters. The Morgan fingerprint density at radius 2 is 2.04 bits per heavy atom. The van der Waals surface area contributed by atoms with E-state index in [1.807, 2.05) is 47.0 Å². The Labute approximate surface area is 147 Å². The summed E-state index contributed by atoms with van der Waals surface area (Å²) in [5.41, 5.74) is 5.78. The topological polar surface area (TPSA) is 58.8 Å². The SMILES string of the molecule is CCc1ccc(/C=N\NC(=O)c2cn3cc(I)ccc3n2)cc1. The maximum Gasteiger partial charge on any atom is 0.291 e. The van der Waals surface area contributed by atoms with E-state index in [1.165, 1.54) is 5.56 Å². The van der Waals surface area contributed by atoms with Crippen LogP contribution in [0.1, 0.15) is 28.5 Å². The third-order valence-electron chi connectivity index (χ3n) is 3.42. The van der Waals surface area contributed by atoms with Crippen LogP contribution in [0.15, 0.2) is 53.9 Å². The smallest absolute Gasteiger partial charge is 0.291 e. The van der Waals surface area contributed by atoms with Crippen molar-refractivity contribution in [1.82, 2.24) is 14.8 Å². The molecule has 0 fully saturated rings. The number of carbonyl (C=O) groups excluding carboxylic acids is 1. The highest BCUT2D eigenvalue weighted by molar-refractivity contribution is 14.1. The van der Waals surface area contributed by atoms with Crippen LogP contribution >= 0.6 is 22.6 Å². The molecule has 0 aliphatic rings. The molecule has 116 valence electrons. The number of aromatic nitrogens is 2. The molecule has 3 rings (SSSR count). The number of carbonyl (C=O) groups is 1. The minimum Gasteiger partial charge on any atom is -0.305 e. The van der Waals surface area contributed by atoms with Crippen LogP contribution in [0.2, 0.25) is 0 Å². The Kier molecular flexibility index (Phi) is 4.71. The average molecular weight is 418 g/mol. The first-order valence-corrected chi connectivity index (χ1v) is 8.30. The molecule has 0 saturated heterocycles. The van der Waals surface area contributed by atoms with Crippen molar-refractivity contribution in [3.8, 4) is 0 Å². The number of nitrogens with one attached hydrogen (secondary N) is 1. The van der Waals surface area contributed by atoms with Gasteiger partial charge in [-0.15, -0.1) is 0 Å². The van der Waals surface area contributed by atoms with E-state index in [-0.39, 0.29) is 5.91 Å². The molecule has 23 heavy (non-hydrogen) atoms. The number of hydrogen-bond donors (Lipinski definition) is 1. The zero-order valence-electron chi connectivity index (χ0n) is 12.5. The van der Waals surface area contributed by atoms with Crippen molar-refractivity contribution in [2.45, 2.75) is 13.3 Å². The summed E-state index contributed by atoms with van der Waals surface area (Å²) in [6.07, 6.45) is 6.23. The van der Waals surface area contributed by atoms with Gasteiger partial charge in [-0.05, 0) is 52.3 Å². The maximum atomic E-state index is 12.1. The summed E-state index contributed by atoms with van der Waals surface area (Å²) in [7, 11) is 0. The summed E-state index contributed by atoms with van der Waals surface area (Å²) in [5, 5.41) is 3.99. The van der Waals surface area contributed by atoms with E-state index >= 15 is 0 Å². The fourth-order valence-corrected chi connectivity index (χ4v) is 2.62. The van der Waals surface area contributed by atoms with E-state index in [1.54, 1.807) is 12.4 Å². The lowest BCUT2D eigenvalue weighted by molar-refractivity contribution is 0.0951. The monoisotopic (exact) mass is 418 g/mol. The lowest BCUT2D eigenvalue weighted by Gasteiger charge is -1.97. The van der Waals surface area contributed by atoms with Gasteiger partial charge in [0.25, 0.3) is 5.91 Å². The molecule has 0 bridgehead atoms. The van der Waals surface area contributed by atoms with Crippen LogP contribution in [0.4, 0.5) is 0 Å². The van der Waals surface area contributed by atoms with E-state index in [0.29, 0.717) is 5.69 Å². The Morgan fingerprint density at radius 1 is 1.26 bits per heavy atom. The van der Waals surface area contributed by atoms with Gasteiger partial charge in [-0.3, -0.25) is 4.79 Å². The minimum absolute atomic E-state index is 0.329. The Hall–Kier alpha value is -2.22. The molecule has 2 heterocycles. The molecule has 5 nitrogen and oxygen atoms in total. The van der Waals surface area contributed by atoms with E-state index in [4.69, 9.17) is 0 Å². The number of imidazole rings is 1. The van der Waals surface area contributed by atoms with Gasteiger partial charge in [0.2, 0.25) is 0 Å². The molecule has 0 unspecified atom stereocenters. The van der Waals surface area contributed by atoms with Crippen molar-refractivity contribution >= 4 is 40.4 Å². The Balaban J connectivity index is 1.68. The molecule has 2 aromatic heterocycles. The number of aryl methyl sites for hydroxylation is 1. The molecule has 1 aromatic carbocycles. The number of benzene rings is 1. The van der Waals surface area contributed by atoms with E-state index in [2.05, 4.69) is 45.0 Å². The molecule has 0 saturated carbocycles. The third kappa shape index (κ3) is 3.76. The van der Waals surface area contributed by atoms with Crippen molar-refractivity contribution < 1.29 is 4.79 Å². The highest BCUT2D eigenvalue weighted by Crippen LogP contribution is 2.09. The maximum absolute atomic E-state index is 12.1. The van der Waals surface area contributed by atoms with Crippen LogP contribution in [-0.2, 0) is 6.42 Å². The second-order valence-corrected chi connectivity index (χ2v) is 6.28. The van der Waals surface area contributed by atoms with Gasteiger partial charge in [-0.25, -0.2) is 10.4 Å². The van der Waals surface area contributed by atoms with Crippen LogP contribution in [0.25, 0.3) is 5.65 Å². The first kappa shape index (κ1) is 15.7. The Morgan fingerprint density at radius 3 is 2.78 bits per heavy atom. The van der Waals surface area contributed by atoms with Gasteiger partial charge in [-0.1, -0.05) is 31.2 Å². The largest absolute Gasteiger partial charge is 0.305 e. The molecule has 1 amide bonds. The molecule has 0 radical (unpaired) electrons. The van der Waals surface area contributed by atoms with Crippen LogP contribution < -0.4 is 5.43 Å². The van der Waals surface area contributed by atoms with Crippen molar-refractivity contribution in [3.05, 3.63) is 69.2 Å². The van der Waals surface area contributed by atoms with E-state index < -0.39 is 0 Å². The molecule has 0 spiro atoms. The van der Waals surface area contributed by atoms with Crippen molar-refractivity contribution in [2.75, 3.05) is 0 Å². The summed E-state index contributed by atoms with van der Waals surface area (Å²) in [5.74, 6) is -0.329. The molecule has 0 aliphatic heterocycles. The first-order valence-electron chi connectivity index (χ1n) is 7.22. The summed E-state index contributed by atoms with van der Waals surface area (Å²) in [6.45, 7) is 2.11. The predicted molar refractivity (Wildman–Crippen MR) is 98.8 cm³/mol. The Bertz CT molecular complexity index is 868. The zero-order chi connectivity index (χ0) is 16.2. The number of hydrogen-bond acceptors (Lipinski definition) is 3. The number of fused-ring (bicyclic) bond motifs is 1. The number of rotatable bonds is 4. The average Bonchev–Trinajstić information content (AvgIpc) is 2.98. The molecular weight excluding hydrogens is 403 g/mol. The number of nitrogens with zero attached hydrogens (tertiary/aromatic N) is 3. The predicted octanol–water partition coefficient (Wildman–Crippen LogP) is 3.27. The van der Waals surface area contributed by atoms with Crippen molar-refractivity contribution in [2.24, 2.45) is 5.10 Å². The zero-order valence-corrected chi connectivity index (χ0v) is 14.7. The second kappa shape index (κ2) is 6.91. The number of hydrazone groups is 1. The summed E-state index contributed by atoms with van der Waals surface area (Å²) in [4.78, 5) is 16.4. The van der Waals surface area contributed by atoms with Gasteiger partial charge in [0.05, 0.1) is 6.21 Å². The molecule has 6 heteroatoms. The molecular formula is C17H15IN4O. The standard InChI is InChI=1S/C17H15IN4O/c1-2-12-3-5-13(6-4-12)9-19-21-17(23)15-11-22-10-14(18)7-8-16(22)20-15/h3-11H,2H2,1H3,(H,21,23)/b19-9-. The highest BCUT2D eigenvalue weighted by atomic mass is 127. The van der Waals surface area contributed by atoms with Gasteiger partial charge in [-0.2, -0.15) is 5.10 Å². The summed E-state index contributed by atoms with van der Waals surface area (Å²) < 4.78 is 2.90. The quantitative estimate of drug-likeness (QED) is 0.402. The normalized spacial score (nSPS) is 11.2. The fraction of sp³-hybridized carbons (Fsp3) is 0.118. The molecule has 1 N–H and O–H groups in total. The fourth-order valence-electron chi connectivity index (χ4n) is 2.14.